The van der Waals surface area contributed by atoms with Crippen molar-refractivity contribution in [1.29, 1.82) is 0 Å². The predicted molar refractivity (Wildman–Crippen MR) is 106 cm³/mol. The lowest BCUT2D eigenvalue weighted by atomic mass is 9.99. The SMILES string of the molecule is CCC(=O)N1Cc2ncnc(Oc3ccc4c(ccn4C(=O)O)c3C)c2CC1C. The summed E-state index contributed by atoms with van der Waals surface area (Å²) in [5, 5.41) is 10.1. The number of aryl methyl sites for hydroxylation is 1. The number of hydrogen-bond donors (Lipinski definition) is 1. The molecule has 1 unspecified atom stereocenters. The van der Waals surface area contributed by atoms with Crippen LogP contribution in [-0.2, 0) is 17.8 Å². The van der Waals surface area contributed by atoms with Crippen molar-refractivity contribution in [1.82, 2.24) is 19.4 Å². The van der Waals surface area contributed by atoms with Gasteiger partial charge in [0, 0.05) is 35.2 Å². The van der Waals surface area contributed by atoms with Crippen LogP contribution >= 0.6 is 0 Å². The normalized spacial score (nSPS) is 16.0. The Morgan fingerprint density at radius 1 is 1.28 bits per heavy atom. The summed E-state index contributed by atoms with van der Waals surface area (Å²) in [6.45, 7) is 6.21. The topological polar surface area (TPSA) is 97.6 Å². The Balaban J connectivity index is 1.69. The summed E-state index contributed by atoms with van der Waals surface area (Å²) in [6.07, 6.45) is 3.03. The van der Waals surface area contributed by atoms with Crippen LogP contribution < -0.4 is 4.74 Å². The van der Waals surface area contributed by atoms with Crippen LogP contribution in [0.4, 0.5) is 4.79 Å². The Labute approximate surface area is 167 Å². The van der Waals surface area contributed by atoms with E-state index in [0.717, 1.165) is 22.2 Å². The number of ether oxygens (including phenoxy) is 1. The highest BCUT2D eigenvalue weighted by Crippen LogP contribution is 2.34. The molecule has 8 heteroatoms. The highest BCUT2D eigenvalue weighted by atomic mass is 16.5. The molecule has 1 atom stereocenters. The lowest BCUT2D eigenvalue weighted by Gasteiger charge is -2.34. The van der Waals surface area contributed by atoms with Gasteiger partial charge in [-0.25, -0.2) is 14.8 Å². The van der Waals surface area contributed by atoms with Gasteiger partial charge >= 0.3 is 6.09 Å². The minimum atomic E-state index is -1.03. The Kier molecular flexibility index (Phi) is 4.70. The van der Waals surface area contributed by atoms with Crippen molar-refractivity contribution in [3.8, 4) is 11.6 Å². The van der Waals surface area contributed by atoms with Crippen LogP contribution in [0.2, 0.25) is 0 Å². The fourth-order valence-electron chi connectivity index (χ4n) is 3.85. The molecule has 0 radical (unpaired) electrons. The molecular formula is C21H22N4O4. The van der Waals surface area contributed by atoms with Crippen LogP contribution in [0.5, 0.6) is 11.6 Å². The van der Waals surface area contributed by atoms with Gasteiger partial charge in [-0.05, 0) is 38.5 Å². The summed E-state index contributed by atoms with van der Waals surface area (Å²) < 4.78 is 7.32. The van der Waals surface area contributed by atoms with E-state index in [-0.39, 0.29) is 11.9 Å². The summed E-state index contributed by atoms with van der Waals surface area (Å²) in [5.74, 6) is 1.19. The van der Waals surface area contributed by atoms with Gasteiger partial charge in [0.15, 0.2) is 0 Å². The average Bonchev–Trinajstić information content (AvgIpc) is 3.14. The first-order valence-corrected chi connectivity index (χ1v) is 9.54. The quantitative estimate of drug-likeness (QED) is 0.727. The summed E-state index contributed by atoms with van der Waals surface area (Å²) in [6, 6.07) is 5.28. The van der Waals surface area contributed by atoms with Gasteiger partial charge in [0.25, 0.3) is 0 Å². The van der Waals surface area contributed by atoms with E-state index in [2.05, 4.69) is 9.97 Å². The van der Waals surface area contributed by atoms with Crippen molar-refractivity contribution >= 4 is 22.9 Å². The molecule has 0 saturated carbocycles. The third-order valence-corrected chi connectivity index (χ3v) is 5.47. The summed E-state index contributed by atoms with van der Waals surface area (Å²) in [5.41, 5.74) is 3.14. The minimum Gasteiger partial charge on any atom is -0.464 e. The van der Waals surface area contributed by atoms with Crippen molar-refractivity contribution < 1.29 is 19.4 Å². The van der Waals surface area contributed by atoms with Gasteiger partial charge in [0.2, 0.25) is 11.8 Å². The third kappa shape index (κ3) is 3.20. The molecule has 1 N–H and O–H groups in total. The molecule has 150 valence electrons. The van der Waals surface area contributed by atoms with Gasteiger partial charge in [-0.3, -0.25) is 9.36 Å². The second-order valence-corrected chi connectivity index (χ2v) is 7.22. The van der Waals surface area contributed by atoms with Crippen molar-refractivity contribution in [2.45, 2.75) is 46.2 Å². The number of carbonyl (C=O) groups excluding carboxylic acids is 1. The van der Waals surface area contributed by atoms with Crippen LogP contribution in [0.15, 0.2) is 30.7 Å². The molecule has 0 aliphatic carbocycles. The van der Waals surface area contributed by atoms with Crippen molar-refractivity contribution in [2.75, 3.05) is 0 Å². The highest BCUT2D eigenvalue weighted by molar-refractivity contribution is 5.92. The van der Waals surface area contributed by atoms with Crippen molar-refractivity contribution in [3.05, 3.63) is 47.5 Å². The van der Waals surface area contributed by atoms with Gasteiger partial charge < -0.3 is 14.7 Å². The Bertz CT molecular complexity index is 1120. The predicted octanol–water partition coefficient (Wildman–Crippen LogP) is 3.74. The summed E-state index contributed by atoms with van der Waals surface area (Å²) >= 11 is 0. The lowest BCUT2D eigenvalue weighted by Crippen LogP contribution is -2.42. The van der Waals surface area contributed by atoms with Crippen LogP contribution in [0.25, 0.3) is 10.9 Å². The zero-order valence-corrected chi connectivity index (χ0v) is 16.5. The maximum Gasteiger partial charge on any atom is 0.415 e. The number of aromatic nitrogens is 3. The minimum absolute atomic E-state index is 0.0384. The monoisotopic (exact) mass is 394 g/mol. The molecule has 29 heavy (non-hydrogen) atoms. The van der Waals surface area contributed by atoms with E-state index in [4.69, 9.17) is 4.74 Å². The fraction of sp³-hybridized carbons (Fsp3) is 0.333. The molecule has 1 aliphatic rings. The molecule has 3 heterocycles. The second-order valence-electron chi connectivity index (χ2n) is 7.22. The van der Waals surface area contributed by atoms with Gasteiger partial charge in [-0.1, -0.05) is 6.92 Å². The third-order valence-electron chi connectivity index (χ3n) is 5.47. The van der Waals surface area contributed by atoms with E-state index in [1.807, 2.05) is 25.7 Å². The van der Waals surface area contributed by atoms with Gasteiger partial charge in [-0.15, -0.1) is 0 Å². The van der Waals surface area contributed by atoms with E-state index in [1.54, 1.807) is 18.2 Å². The van der Waals surface area contributed by atoms with Crippen molar-refractivity contribution in [2.24, 2.45) is 0 Å². The molecule has 1 aromatic carbocycles. The molecule has 0 bridgehead atoms. The molecule has 3 aromatic rings. The Morgan fingerprint density at radius 3 is 2.79 bits per heavy atom. The highest BCUT2D eigenvalue weighted by Gasteiger charge is 2.29. The molecule has 1 amide bonds. The zero-order valence-electron chi connectivity index (χ0n) is 16.5. The van der Waals surface area contributed by atoms with Crippen molar-refractivity contribution in [3.63, 3.8) is 0 Å². The maximum absolute atomic E-state index is 12.2. The van der Waals surface area contributed by atoms with Crippen LogP contribution in [0, 0.1) is 6.92 Å². The Hall–Kier alpha value is -3.42. The van der Waals surface area contributed by atoms with Crippen LogP contribution in [-0.4, -0.2) is 42.6 Å². The van der Waals surface area contributed by atoms with E-state index in [0.29, 0.717) is 36.5 Å². The maximum atomic E-state index is 12.2. The molecule has 1 aliphatic heterocycles. The fourth-order valence-corrected chi connectivity index (χ4v) is 3.85. The Morgan fingerprint density at radius 2 is 2.07 bits per heavy atom. The first kappa shape index (κ1) is 18.9. The number of carboxylic acid groups (broad SMARTS) is 1. The van der Waals surface area contributed by atoms with E-state index < -0.39 is 6.09 Å². The number of rotatable bonds is 3. The lowest BCUT2D eigenvalue weighted by molar-refractivity contribution is -0.134. The molecule has 0 saturated heterocycles. The van der Waals surface area contributed by atoms with Gasteiger partial charge in [-0.2, -0.15) is 0 Å². The first-order valence-electron chi connectivity index (χ1n) is 9.54. The molecule has 0 fully saturated rings. The summed E-state index contributed by atoms with van der Waals surface area (Å²) in [4.78, 5) is 34.1. The number of amides is 1. The molecule has 2 aromatic heterocycles. The smallest absolute Gasteiger partial charge is 0.415 e. The molecule has 4 rings (SSSR count). The van der Waals surface area contributed by atoms with Gasteiger partial charge in [0.1, 0.15) is 12.1 Å². The average molecular weight is 394 g/mol. The van der Waals surface area contributed by atoms with Crippen LogP contribution in [0.1, 0.15) is 37.1 Å². The van der Waals surface area contributed by atoms with E-state index in [9.17, 15) is 14.7 Å². The van der Waals surface area contributed by atoms with Gasteiger partial charge in [0.05, 0.1) is 17.8 Å². The molecule has 0 spiro atoms. The van der Waals surface area contributed by atoms with E-state index >= 15 is 0 Å². The number of nitrogens with zero attached hydrogens (tertiary/aromatic N) is 4. The number of hydrogen-bond acceptors (Lipinski definition) is 5. The second kappa shape index (κ2) is 7.20. The number of carbonyl (C=O) groups is 2. The van der Waals surface area contributed by atoms with Crippen LogP contribution in [0.3, 0.4) is 0 Å². The standard InChI is InChI=1S/C21H22N4O4/c1-4-19(26)25-10-16-15(9-12(25)2)20(23-11-22-16)29-18-6-5-17-14(13(18)3)7-8-24(17)21(27)28/h5-8,11-12H,4,9-10H2,1-3H3,(H,27,28). The largest absolute Gasteiger partial charge is 0.464 e. The zero-order chi connectivity index (χ0) is 20.7. The first-order chi connectivity index (χ1) is 13.9. The summed E-state index contributed by atoms with van der Waals surface area (Å²) in [7, 11) is 0. The number of benzene rings is 1. The molecule has 8 nitrogen and oxygen atoms in total. The molecular weight excluding hydrogens is 372 g/mol. The number of fused-ring (bicyclic) bond motifs is 2. The van der Waals surface area contributed by atoms with E-state index in [1.165, 1.54) is 17.1 Å².